The summed E-state index contributed by atoms with van der Waals surface area (Å²) in [5, 5.41) is 11.4. The van der Waals surface area contributed by atoms with Crippen LogP contribution in [-0.2, 0) is 24.2 Å². The van der Waals surface area contributed by atoms with Crippen LogP contribution < -0.4 is 11.1 Å². The predicted octanol–water partition coefficient (Wildman–Crippen LogP) is 1.04. The first kappa shape index (κ1) is 15.9. The van der Waals surface area contributed by atoms with Crippen molar-refractivity contribution in [2.45, 2.75) is 65.0 Å². The van der Waals surface area contributed by atoms with Crippen LogP contribution in [0, 0.1) is 5.92 Å². The number of amides is 1. The fourth-order valence-electron chi connectivity index (χ4n) is 2.64. The number of aromatic nitrogens is 3. The summed E-state index contributed by atoms with van der Waals surface area (Å²) in [7, 11) is 0. The molecule has 2 unspecified atom stereocenters. The van der Waals surface area contributed by atoms with Crippen molar-refractivity contribution in [3.05, 3.63) is 11.6 Å². The molecule has 0 saturated heterocycles. The van der Waals surface area contributed by atoms with Gasteiger partial charge in [-0.1, -0.05) is 20.3 Å². The standard InChI is InChI=1S/C15H27N5O/c1-3-11(2)14(16)15(21)17-9-6-8-13-19-18-12-7-4-5-10-20(12)13/h11,14H,3-10,16H2,1-2H3,(H,17,21). The molecule has 0 aliphatic carbocycles. The molecule has 2 heterocycles. The van der Waals surface area contributed by atoms with E-state index < -0.39 is 6.04 Å². The quantitative estimate of drug-likeness (QED) is 0.735. The Morgan fingerprint density at radius 2 is 2.24 bits per heavy atom. The number of rotatable bonds is 7. The Hall–Kier alpha value is -1.43. The predicted molar refractivity (Wildman–Crippen MR) is 81.7 cm³/mol. The van der Waals surface area contributed by atoms with Crippen LogP contribution in [0.25, 0.3) is 0 Å². The molecule has 0 fully saturated rings. The van der Waals surface area contributed by atoms with E-state index in [1.807, 2.05) is 13.8 Å². The molecule has 0 saturated carbocycles. The van der Waals surface area contributed by atoms with Crippen LogP contribution in [0.1, 0.15) is 51.2 Å². The van der Waals surface area contributed by atoms with Crippen molar-refractivity contribution >= 4 is 5.91 Å². The van der Waals surface area contributed by atoms with E-state index in [4.69, 9.17) is 5.73 Å². The van der Waals surface area contributed by atoms with E-state index in [-0.39, 0.29) is 11.8 Å². The maximum atomic E-state index is 11.9. The Labute approximate surface area is 126 Å². The van der Waals surface area contributed by atoms with E-state index in [2.05, 4.69) is 20.1 Å². The maximum absolute atomic E-state index is 11.9. The number of carbonyl (C=O) groups is 1. The molecule has 0 bridgehead atoms. The van der Waals surface area contributed by atoms with Crippen molar-refractivity contribution in [3.8, 4) is 0 Å². The van der Waals surface area contributed by atoms with Crippen LogP contribution >= 0.6 is 0 Å². The molecule has 3 N–H and O–H groups in total. The van der Waals surface area contributed by atoms with Gasteiger partial charge in [0.25, 0.3) is 0 Å². The average molecular weight is 293 g/mol. The van der Waals surface area contributed by atoms with Crippen LogP contribution in [-0.4, -0.2) is 33.3 Å². The van der Waals surface area contributed by atoms with Crippen molar-refractivity contribution < 1.29 is 4.79 Å². The Morgan fingerprint density at radius 1 is 1.43 bits per heavy atom. The van der Waals surface area contributed by atoms with Gasteiger partial charge in [-0.2, -0.15) is 0 Å². The molecule has 0 spiro atoms. The molecule has 2 atom stereocenters. The Morgan fingerprint density at radius 3 is 3.00 bits per heavy atom. The van der Waals surface area contributed by atoms with Crippen molar-refractivity contribution in [1.29, 1.82) is 0 Å². The van der Waals surface area contributed by atoms with E-state index in [1.165, 1.54) is 12.8 Å². The molecule has 1 aliphatic rings. The highest BCUT2D eigenvalue weighted by Crippen LogP contribution is 2.15. The number of hydrogen-bond donors (Lipinski definition) is 2. The Balaban J connectivity index is 1.73. The van der Waals surface area contributed by atoms with Crippen molar-refractivity contribution in [3.63, 3.8) is 0 Å². The fourth-order valence-corrected chi connectivity index (χ4v) is 2.64. The van der Waals surface area contributed by atoms with E-state index in [0.717, 1.165) is 43.9 Å². The lowest BCUT2D eigenvalue weighted by molar-refractivity contribution is -0.123. The van der Waals surface area contributed by atoms with Gasteiger partial charge in [-0.15, -0.1) is 10.2 Å². The van der Waals surface area contributed by atoms with Gasteiger partial charge in [0.2, 0.25) is 5.91 Å². The first-order valence-corrected chi connectivity index (χ1v) is 8.07. The number of nitrogens with two attached hydrogens (primary N) is 1. The smallest absolute Gasteiger partial charge is 0.237 e. The number of fused-ring (bicyclic) bond motifs is 1. The molecule has 1 aromatic rings. The average Bonchev–Trinajstić information content (AvgIpc) is 2.93. The molecule has 6 nitrogen and oxygen atoms in total. The molecular formula is C15H27N5O. The number of hydrogen-bond acceptors (Lipinski definition) is 4. The zero-order valence-corrected chi connectivity index (χ0v) is 13.1. The SMILES string of the molecule is CCC(C)C(N)C(=O)NCCCc1nnc2n1CCCC2. The minimum absolute atomic E-state index is 0.0485. The Kier molecular flexibility index (Phi) is 5.73. The van der Waals surface area contributed by atoms with Crippen LogP contribution in [0.4, 0.5) is 0 Å². The topological polar surface area (TPSA) is 85.8 Å². The summed E-state index contributed by atoms with van der Waals surface area (Å²) in [6, 6.07) is -0.407. The first-order chi connectivity index (χ1) is 10.1. The van der Waals surface area contributed by atoms with Crippen LogP contribution in [0.2, 0.25) is 0 Å². The van der Waals surface area contributed by atoms with Gasteiger partial charge in [-0.3, -0.25) is 4.79 Å². The third kappa shape index (κ3) is 4.03. The zero-order valence-electron chi connectivity index (χ0n) is 13.1. The van der Waals surface area contributed by atoms with Crippen molar-refractivity contribution in [2.75, 3.05) is 6.54 Å². The molecule has 1 aliphatic heterocycles. The number of carbonyl (C=O) groups excluding carboxylic acids is 1. The summed E-state index contributed by atoms with van der Waals surface area (Å²) < 4.78 is 2.23. The first-order valence-electron chi connectivity index (χ1n) is 8.07. The second-order valence-corrected chi connectivity index (χ2v) is 5.95. The van der Waals surface area contributed by atoms with Gasteiger partial charge in [0.05, 0.1) is 6.04 Å². The normalized spacial score (nSPS) is 17.1. The monoisotopic (exact) mass is 293 g/mol. The number of nitrogens with one attached hydrogen (secondary N) is 1. The van der Waals surface area contributed by atoms with Crippen LogP contribution in [0.15, 0.2) is 0 Å². The highest BCUT2D eigenvalue weighted by atomic mass is 16.2. The molecule has 21 heavy (non-hydrogen) atoms. The van der Waals surface area contributed by atoms with E-state index in [1.54, 1.807) is 0 Å². The summed E-state index contributed by atoms with van der Waals surface area (Å²) in [6.07, 6.45) is 6.09. The van der Waals surface area contributed by atoms with Gasteiger partial charge in [0.15, 0.2) is 0 Å². The third-order valence-electron chi connectivity index (χ3n) is 4.37. The molecule has 2 rings (SSSR count). The lowest BCUT2D eigenvalue weighted by Crippen LogP contribution is -2.44. The van der Waals surface area contributed by atoms with E-state index in [9.17, 15) is 4.79 Å². The molecule has 1 aromatic heterocycles. The molecule has 1 amide bonds. The highest BCUT2D eigenvalue weighted by molar-refractivity contribution is 5.81. The lowest BCUT2D eigenvalue weighted by Gasteiger charge is -2.18. The van der Waals surface area contributed by atoms with Gasteiger partial charge in [-0.05, 0) is 25.2 Å². The third-order valence-corrected chi connectivity index (χ3v) is 4.37. The van der Waals surface area contributed by atoms with Gasteiger partial charge in [0.1, 0.15) is 11.6 Å². The summed E-state index contributed by atoms with van der Waals surface area (Å²) in [5.74, 6) is 2.32. The summed E-state index contributed by atoms with van der Waals surface area (Å²) in [6.45, 7) is 5.73. The summed E-state index contributed by atoms with van der Waals surface area (Å²) in [5.41, 5.74) is 5.90. The largest absolute Gasteiger partial charge is 0.355 e. The zero-order chi connectivity index (χ0) is 15.2. The van der Waals surface area contributed by atoms with Crippen molar-refractivity contribution in [1.82, 2.24) is 20.1 Å². The second kappa shape index (κ2) is 7.54. The van der Waals surface area contributed by atoms with Crippen LogP contribution in [0.5, 0.6) is 0 Å². The van der Waals surface area contributed by atoms with Crippen LogP contribution in [0.3, 0.4) is 0 Å². The van der Waals surface area contributed by atoms with Gasteiger partial charge in [0, 0.05) is 25.9 Å². The minimum Gasteiger partial charge on any atom is -0.355 e. The molecule has 118 valence electrons. The maximum Gasteiger partial charge on any atom is 0.237 e. The molecule has 6 heteroatoms. The van der Waals surface area contributed by atoms with Gasteiger partial charge >= 0.3 is 0 Å². The summed E-state index contributed by atoms with van der Waals surface area (Å²) >= 11 is 0. The van der Waals surface area contributed by atoms with E-state index >= 15 is 0 Å². The number of nitrogens with zero attached hydrogens (tertiary/aromatic N) is 3. The Bertz CT molecular complexity index is 471. The summed E-state index contributed by atoms with van der Waals surface area (Å²) in [4.78, 5) is 11.9. The van der Waals surface area contributed by atoms with Gasteiger partial charge in [-0.25, -0.2) is 0 Å². The van der Waals surface area contributed by atoms with E-state index in [0.29, 0.717) is 6.54 Å². The fraction of sp³-hybridized carbons (Fsp3) is 0.800. The second-order valence-electron chi connectivity index (χ2n) is 5.95. The minimum atomic E-state index is -0.407. The highest BCUT2D eigenvalue weighted by Gasteiger charge is 2.19. The molecule has 0 aromatic carbocycles. The van der Waals surface area contributed by atoms with Crippen molar-refractivity contribution in [2.24, 2.45) is 11.7 Å². The molecular weight excluding hydrogens is 266 g/mol. The van der Waals surface area contributed by atoms with Gasteiger partial charge < -0.3 is 15.6 Å². The lowest BCUT2D eigenvalue weighted by atomic mass is 9.99. The molecule has 0 radical (unpaired) electrons. The number of aryl methyl sites for hydroxylation is 2.